The molecule has 0 bridgehead atoms. The van der Waals surface area contributed by atoms with Crippen molar-refractivity contribution in [2.24, 2.45) is 0 Å². The molecule has 2 aromatic heterocycles. The van der Waals surface area contributed by atoms with E-state index in [4.69, 9.17) is 1.37 Å². The maximum atomic E-state index is 8.85. The molecular formula is C39H36IrN2Si-2. The summed E-state index contributed by atoms with van der Waals surface area (Å²) in [5, 5.41) is 1.35. The van der Waals surface area contributed by atoms with Crippen molar-refractivity contribution < 1.29 is 21.5 Å². The van der Waals surface area contributed by atoms with E-state index in [2.05, 4.69) is 72.1 Å². The van der Waals surface area contributed by atoms with E-state index < -0.39 is 14.0 Å². The molecule has 1 atom stereocenters. The Hall–Kier alpha value is -3.95. The first-order valence-electron chi connectivity index (χ1n) is 14.7. The minimum absolute atomic E-state index is 0. The van der Waals surface area contributed by atoms with Gasteiger partial charge >= 0.3 is 0 Å². The van der Waals surface area contributed by atoms with Gasteiger partial charge in [0.05, 0.1) is 8.07 Å². The van der Waals surface area contributed by atoms with Gasteiger partial charge in [-0.2, -0.15) is 0 Å². The normalized spacial score (nSPS) is 12.5. The fraction of sp³-hybridized carbons (Fsp3) is 0.128. The molecule has 43 heavy (non-hydrogen) atoms. The third-order valence-corrected chi connectivity index (χ3v) is 9.23. The second-order valence-corrected chi connectivity index (χ2v) is 16.3. The van der Waals surface area contributed by atoms with Crippen molar-refractivity contribution in [3.63, 3.8) is 0 Å². The molecule has 0 aliphatic heterocycles. The molecule has 217 valence electrons. The zero-order valence-corrected chi connectivity index (χ0v) is 28.4. The van der Waals surface area contributed by atoms with Crippen LogP contribution in [0.1, 0.15) is 25.3 Å². The SMILES string of the molecule is [2H]C(C)(c1ccccc1)c1cc[c-]c(-c2ccc([Si](C)(C)C)cn2)c1.[Ir].[c-]1ccccc1-c1cc(-c2ccccc2)ccn1. The Labute approximate surface area is 272 Å². The molecule has 6 rings (SSSR count). The summed E-state index contributed by atoms with van der Waals surface area (Å²) >= 11 is 0. The summed E-state index contributed by atoms with van der Waals surface area (Å²) in [5.41, 5.74) is 8.14. The third-order valence-electron chi connectivity index (χ3n) is 7.20. The van der Waals surface area contributed by atoms with Crippen LogP contribution in [0.2, 0.25) is 19.6 Å². The van der Waals surface area contributed by atoms with E-state index in [1.54, 1.807) is 0 Å². The first kappa shape index (κ1) is 30.5. The third kappa shape index (κ3) is 8.55. The van der Waals surface area contributed by atoms with E-state index in [1.807, 2.05) is 116 Å². The van der Waals surface area contributed by atoms with Crippen molar-refractivity contribution in [2.45, 2.75) is 32.5 Å². The fourth-order valence-corrected chi connectivity index (χ4v) is 5.68. The molecule has 0 aliphatic carbocycles. The molecule has 0 aliphatic rings. The van der Waals surface area contributed by atoms with Crippen LogP contribution < -0.4 is 5.19 Å². The van der Waals surface area contributed by atoms with Gasteiger partial charge in [-0.15, -0.1) is 71.3 Å². The van der Waals surface area contributed by atoms with Gasteiger partial charge in [-0.05, 0) is 45.2 Å². The number of aromatic nitrogens is 2. The van der Waals surface area contributed by atoms with Crippen molar-refractivity contribution in [3.8, 4) is 33.6 Å². The van der Waals surface area contributed by atoms with Crippen LogP contribution >= 0.6 is 0 Å². The van der Waals surface area contributed by atoms with Crippen LogP contribution in [-0.2, 0) is 20.1 Å². The smallest absolute Gasteiger partial charge is 0.0795 e. The van der Waals surface area contributed by atoms with Crippen LogP contribution in [0.3, 0.4) is 0 Å². The van der Waals surface area contributed by atoms with Crippen molar-refractivity contribution in [1.82, 2.24) is 9.97 Å². The summed E-state index contributed by atoms with van der Waals surface area (Å²) in [5.74, 6) is -0.802. The molecule has 0 fully saturated rings. The number of rotatable bonds is 6. The second-order valence-electron chi connectivity index (χ2n) is 11.2. The first-order chi connectivity index (χ1) is 20.7. The zero-order valence-electron chi connectivity index (χ0n) is 26.0. The van der Waals surface area contributed by atoms with E-state index in [9.17, 15) is 0 Å². The minimum Gasteiger partial charge on any atom is -0.305 e. The Morgan fingerprint density at radius 1 is 0.628 bits per heavy atom. The Bertz CT molecular complexity index is 1700. The van der Waals surface area contributed by atoms with Gasteiger partial charge in [0, 0.05) is 33.9 Å². The van der Waals surface area contributed by atoms with Crippen LogP contribution in [0.4, 0.5) is 0 Å². The molecule has 0 spiro atoms. The van der Waals surface area contributed by atoms with E-state index in [-0.39, 0.29) is 20.1 Å². The molecule has 1 radical (unpaired) electrons. The second kappa shape index (κ2) is 15.0. The monoisotopic (exact) mass is 754 g/mol. The van der Waals surface area contributed by atoms with Crippen LogP contribution in [0.15, 0.2) is 140 Å². The molecule has 1 unspecified atom stereocenters. The average Bonchev–Trinajstić information content (AvgIpc) is 3.06. The average molecular weight is 754 g/mol. The fourth-order valence-electron chi connectivity index (χ4n) is 4.64. The standard InChI is InChI=1S/C22H24NSi.C17H12N.Ir/c1-17(18-9-6-5-7-10-18)19-11-8-12-20(15-19)22-14-13-21(16-23-22)24(2,3)4;1-3-7-14(8-4-1)16-11-12-18-17(13-16)15-9-5-2-6-10-15;/h5-11,13-17H,1-4H3;1-9,11-13H;/q2*-1;/i17D;;. The Balaban J connectivity index is 0.000000206. The summed E-state index contributed by atoms with van der Waals surface area (Å²) < 4.78 is 8.85. The van der Waals surface area contributed by atoms with E-state index >= 15 is 0 Å². The van der Waals surface area contributed by atoms with Gasteiger partial charge in [-0.25, -0.2) is 0 Å². The molecule has 4 aromatic carbocycles. The molecule has 0 saturated carbocycles. The number of nitrogens with zero attached hydrogens (tertiary/aromatic N) is 2. The quantitative estimate of drug-likeness (QED) is 0.125. The van der Waals surface area contributed by atoms with E-state index in [0.29, 0.717) is 0 Å². The maximum absolute atomic E-state index is 8.85. The number of pyridine rings is 2. The summed E-state index contributed by atoms with van der Waals surface area (Å²) in [6.45, 7) is 8.90. The molecule has 4 heteroatoms. The van der Waals surface area contributed by atoms with Gasteiger partial charge in [0.1, 0.15) is 0 Å². The Morgan fingerprint density at radius 3 is 1.98 bits per heavy atom. The molecule has 2 nitrogen and oxygen atoms in total. The minimum atomic E-state index is -1.34. The summed E-state index contributed by atoms with van der Waals surface area (Å²) in [6, 6.07) is 48.9. The summed E-state index contributed by atoms with van der Waals surface area (Å²) in [6.07, 6.45) is 3.84. The topological polar surface area (TPSA) is 25.8 Å². The van der Waals surface area contributed by atoms with Gasteiger partial charge in [-0.1, -0.05) is 105 Å². The molecule has 0 amide bonds. The summed E-state index contributed by atoms with van der Waals surface area (Å²) in [4.78, 5) is 9.06. The predicted molar refractivity (Wildman–Crippen MR) is 179 cm³/mol. The summed E-state index contributed by atoms with van der Waals surface area (Å²) in [7, 11) is -1.34. The Kier molecular flexibility index (Phi) is 10.6. The molecule has 6 aromatic rings. The molecular weight excluding hydrogens is 717 g/mol. The van der Waals surface area contributed by atoms with E-state index in [0.717, 1.165) is 33.6 Å². The van der Waals surface area contributed by atoms with Gasteiger partial charge in [0.15, 0.2) is 0 Å². The van der Waals surface area contributed by atoms with Gasteiger partial charge in [0.25, 0.3) is 0 Å². The largest absolute Gasteiger partial charge is 0.305 e. The van der Waals surface area contributed by atoms with Crippen molar-refractivity contribution in [2.75, 3.05) is 0 Å². The number of hydrogen-bond acceptors (Lipinski definition) is 2. The first-order valence-corrected chi connectivity index (χ1v) is 17.7. The molecule has 0 N–H and O–H groups in total. The van der Waals surface area contributed by atoms with Crippen molar-refractivity contribution in [3.05, 3.63) is 163 Å². The van der Waals surface area contributed by atoms with Crippen LogP contribution in [-0.4, -0.2) is 18.0 Å². The van der Waals surface area contributed by atoms with Gasteiger partial charge in [-0.3, -0.25) is 0 Å². The van der Waals surface area contributed by atoms with Gasteiger partial charge in [0.2, 0.25) is 0 Å². The van der Waals surface area contributed by atoms with Crippen LogP contribution in [0.5, 0.6) is 0 Å². The molecule has 2 heterocycles. The van der Waals surface area contributed by atoms with Crippen LogP contribution in [0, 0.1) is 12.1 Å². The predicted octanol–water partition coefficient (Wildman–Crippen LogP) is 9.46. The maximum Gasteiger partial charge on any atom is 0.0795 e. The van der Waals surface area contributed by atoms with Crippen molar-refractivity contribution >= 4 is 13.3 Å². The van der Waals surface area contributed by atoms with Gasteiger partial charge < -0.3 is 9.97 Å². The number of benzene rings is 4. The van der Waals surface area contributed by atoms with Crippen LogP contribution in [0.25, 0.3) is 33.6 Å². The Morgan fingerprint density at radius 2 is 1.33 bits per heavy atom. The van der Waals surface area contributed by atoms with E-state index in [1.165, 1.54) is 16.3 Å². The molecule has 0 saturated heterocycles. The number of hydrogen-bond donors (Lipinski definition) is 0. The van der Waals surface area contributed by atoms with Crippen molar-refractivity contribution in [1.29, 1.82) is 0 Å². The zero-order chi connectivity index (χ0) is 30.3.